The number of piperidine rings is 3. The second-order valence-corrected chi connectivity index (χ2v) is 11.3. The highest BCUT2D eigenvalue weighted by Crippen LogP contribution is 2.39. The van der Waals surface area contributed by atoms with Crippen LogP contribution in [0.4, 0.5) is 10.5 Å². The third kappa shape index (κ3) is 4.99. The van der Waals surface area contributed by atoms with Crippen LogP contribution in [-0.4, -0.2) is 55.3 Å². The van der Waals surface area contributed by atoms with Crippen molar-refractivity contribution in [2.75, 3.05) is 38.0 Å². The number of hydrogen-bond donors (Lipinski definition) is 2. The minimum Gasteiger partial charge on any atom is -0.833 e. The molecule has 3 aromatic rings. The van der Waals surface area contributed by atoms with Crippen LogP contribution in [0.2, 0.25) is 0 Å². The number of hydrogen-bond acceptors (Lipinski definition) is 6. The number of carbonyl (C=O) groups excluding carboxylic acids is 2. The van der Waals surface area contributed by atoms with Crippen molar-refractivity contribution in [2.45, 2.75) is 24.5 Å². The number of thiophene rings is 2. The van der Waals surface area contributed by atoms with Gasteiger partial charge in [-0.05, 0) is 35.0 Å². The maximum atomic E-state index is 14.0. The predicted octanol–water partition coefficient (Wildman–Crippen LogP) is 3.39. The second-order valence-electron chi connectivity index (χ2n) is 9.36. The molecule has 2 amide bonds. The van der Waals surface area contributed by atoms with Gasteiger partial charge >= 0.3 is 12.0 Å². The van der Waals surface area contributed by atoms with Gasteiger partial charge in [0.15, 0.2) is 6.10 Å². The molecule has 0 aliphatic carbocycles. The van der Waals surface area contributed by atoms with Gasteiger partial charge in [-0.3, -0.25) is 4.79 Å². The number of amides is 2. The Morgan fingerprint density at radius 1 is 1.00 bits per heavy atom. The normalized spacial score (nSPS) is 23.6. The Kier molecular flexibility index (Phi) is 6.93. The van der Waals surface area contributed by atoms with Crippen LogP contribution in [0.3, 0.4) is 0 Å². The Labute approximate surface area is 212 Å². The molecule has 5 heterocycles. The largest absolute Gasteiger partial charge is 0.833 e. The Morgan fingerprint density at radius 2 is 1.66 bits per heavy atom. The van der Waals surface area contributed by atoms with E-state index in [2.05, 4.69) is 10.6 Å². The van der Waals surface area contributed by atoms with Gasteiger partial charge in [0.2, 0.25) is 0 Å². The first-order valence-corrected chi connectivity index (χ1v) is 13.7. The summed E-state index contributed by atoms with van der Waals surface area (Å²) in [5.74, 6) is -0.427. The zero-order valence-corrected chi connectivity index (χ0v) is 21.0. The average Bonchev–Trinajstić information content (AvgIpc) is 3.60. The minimum atomic E-state index is -2.03. The second kappa shape index (κ2) is 10.1. The van der Waals surface area contributed by atoms with Crippen LogP contribution < -0.4 is 15.7 Å². The number of nitrogens with one attached hydrogen (secondary N) is 2. The summed E-state index contributed by atoms with van der Waals surface area (Å²) in [5.41, 5.74) is -1.28. The summed E-state index contributed by atoms with van der Waals surface area (Å²) in [7, 11) is 0. The fourth-order valence-electron chi connectivity index (χ4n) is 5.27. The van der Waals surface area contributed by atoms with Crippen molar-refractivity contribution in [2.24, 2.45) is 5.92 Å². The molecule has 0 radical (unpaired) electrons. The number of ether oxygens (including phenoxy) is 1. The van der Waals surface area contributed by atoms with Crippen molar-refractivity contribution in [3.05, 3.63) is 75.1 Å². The number of carbonyl (C=O) groups is 2. The fraction of sp³-hybridized carbons (Fsp3) is 0.385. The van der Waals surface area contributed by atoms with Gasteiger partial charge in [0.05, 0.1) is 31.8 Å². The van der Waals surface area contributed by atoms with Crippen molar-refractivity contribution >= 4 is 40.4 Å². The molecular weight excluding hydrogens is 482 g/mol. The van der Waals surface area contributed by atoms with E-state index in [0.29, 0.717) is 22.8 Å². The Bertz CT molecular complexity index is 1090. The number of para-hydroxylation sites is 1. The number of anilines is 1. The van der Waals surface area contributed by atoms with Crippen molar-refractivity contribution in [1.29, 1.82) is 0 Å². The van der Waals surface area contributed by atoms with Crippen LogP contribution in [0.25, 0.3) is 0 Å². The maximum Gasteiger partial charge on any atom is 0.319 e. The van der Waals surface area contributed by atoms with Crippen LogP contribution in [0.15, 0.2) is 65.4 Å². The first-order chi connectivity index (χ1) is 17.0. The van der Waals surface area contributed by atoms with Gasteiger partial charge < -0.3 is 25.0 Å². The van der Waals surface area contributed by atoms with Crippen molar-refractivity contribution in [3.8, 4) is 0 Å². The summed E-state index contributed by atoms with van der Waals surface area (Å²) in [6.07, 6.45) is 1.63. The van der Waals surface area contributed by atoms with E-state index in [0.717, 1.165) is 42.6 Å². The topological polar surface area (TPSA) is 90.5 Å². The van der Waals surface area contributed by atoms with E-state index in [4.69, 9.17) is 4.74 Å². The molecule has 184 valence electrons. The van der Waals surface area contributed by atoms with Crippen molar-refractivity contribution in [1.82, 2.24) is 5.32 Å². The molecule has 3 fully saturated rings. The molecular formula is C26H29N3O4S2. The summed E-state index contributed by atoms with van der Waals surface area (Å²) in [4.78, 5) is 26.6. The molecule has 1 atom stereocenters. The highest BCUT2D eigenvalue weighted by Gasteiger charge is 2.48. The van der Waals surface area contributed by atoms with E-state index in [1.165, 1.54) is 22.7 Å². The van der Waals surface area contributed by atoms with Gasteiger partial charge in [0.25, 0.3) is 0 Å². The summed E-state index contributed by atoms with van der Waals surface area (Å²) < 4.78 is 6.81. The Morgan fingerprint density at radius 3 is 2.26 bits per heavy atom. The SMILES string of the molecule is O=C(NCC[N+]12CCC(CC1)C(OC(=O)C([O-])(c1cccs1)c1cccs1)C2)Nc1ccccc1. The number of rotatable bonds is 8. The molecule has 6 rings (SSSR count). The average molecular weight is 512 g/mol. The van der Waals surface area contributed by atoms with Crippen LogP contribution >= 0.6 is 22.7 Å². The lowest BCUT2D eigenvalue weighted by Crippen LogP contribution is -2.66. The van der Waals surface area contributed by atoms with Gasteiger partial charge in [-0.1, -0.05) is 30.3 Å². The minimum absolute atomic E-state index is 0.229. The Hall–Kier alpha value is -2.72. The van der Waals surface area contributed by atoms with Crippen molar-refractivity contribution < 1.29 is 23.9 Å². The van der Waals surface area contributed by atoms with E-state index < -0.39 is 11.6 Å². The molecule has 3 aliphatic rings. The predicted molar refractivity (Wildman–Crippen MR) is 135 cm³/mol. The standard InChI is InChI=1S/C26H29N3O4S2/c30-24(26(32,22-8-4-16-34-22)23-9-5-17-35-23)33-21-18-29(13-10-19(21)11-14-29)15-12-27-25(31)28-20-6-2-1-3-7-20/h1-9,16-17,19,21H,10-15,18H2,(H2,27,28,31). The third-order valence-electron chi connectivity index (χ3n) is 7.23. The molecule has 1 unspecified atom stereocenters. The molecule has 35 heavy (non-hydrogen) atoms. The molecule has 2 N–H and O–H groups in total. The molecule has 3 aliphatic heterocycles. The Balaban J connectivity index is 1.21. The summed E-state index contributed by atoms with van der Waals surface area (Å²) in [6.45, 7) is 3.97. The lowest BCUT2D eigenvalue weighted by atomic mass is 9.83. The van der Waals surface area contributed by atoms with E-state index in [1.54, 1.807) is 24.3 Å². The molecule has 0 spiro atoms. The number of fused-ring (bicyclic) bond motifs is 3. The molecule has 7 nitrogen and oxygen atoms in total. The van der Waals surface area contributed by atoms with E-state index in [9.17, 15) is 14.7 Å². The molecule has 9 heteroatoms. The van der Waals surface area contributed by atoms with E-state index >= 15 is 0 Å². The van der Waals surface area contributed by atoms with Crippen molar-refractivity contribution in [3.63, 3.8) is 0 Å². The number of esters is 1. The maximum absolute atomic E-state index is 14.0. The highest BCUT2D eigenvalue weighted by atomic mass is 32.1. The van der Waals surface area contributed by atoms with Crippen LogP contribution in [0.1, 0.15) is 22.6 Å². The molecule has 2 bridgehead atoms. The number of quaternary nitrogens is 1. The zero-order chi connectivity index (χ0) is 24.3. The van der Waals surface area contributed by atoms with Gasteiger partial charge in [-0.15, -0.1) is 22.7 Å². The van der Waals surface area contributed by atoms with Crippen LogP contribution in [0, 0.1) is 5.92 Å². The molecule has 1 aromatic carbocycles. The fourth-order valence-corrected chi connectivity index (χ4v) is 6.98. The smallest absolute Gasteiger partial charge is 0.319 e. The quantitative estimate of drug-likeness (QED) is 0.358. The first kappa shape index (κ1) is 24.0. The summed E-state index contributed by atoms with van der Waals surface area (Å²) in [6, 6.07) is 16.1. The van der Waals surface area contributed by atoms with E-state index in [-0.39, 0.29) is 18.1 Å². The van der Waals surface area contributed by atoms with Crippen LogP contribution in [0.5, 0.6) is 0 Å². The molecule has 0 saturated carbocycles. The lowest BCUT2D eigenvalue weighted by Gasteiger charge is -2.52. The summed E-state index contributed by atoms with van der Waals surface area (Å²) in [5, 5.41) is 23.4. The highest BCUT2D eigenvalue weighted by molar-refractivity contribution is 7.12. The zero-order valence-electron chi connectivity index (χ0n) is 19.4. The number of benzene rings is 1. The van der Waals surface area contributed by atoms with Gasteiger partial charge in [0, 0.05) is 34.2 Å². The van der Waals surface area contributed by atoms with Gasteiger partial charge in [-0.2, -0.15) is 0 Å². The van der Waals surface area contributed by atoms with E-state index in [1.807, 2.05) is 41.1 Å². The molecule has 2 aromatic heterocycles. The van der Waals surface area contributed by atoms with Crippen LogP contribution in [-0.2, 0) is 15.1 Å². The monoisotopic (exact) mass is 511 g/mol. The van der Waals surface area contributed by atoms with Gasteiger partial charge in [0.1, 0.15) is 6.54 Å². The lowest BCUT2D eigenvalue weighted by molar-refractivity contribution is -0.945. The summed E-state index contributed by atoms with van der Waals surface area (Å²) >= 11 is 2.58. The van der Waals surface area contributed by atoms with Gasteiger partial charge in [-0.25, -0.2) is 4.79 Å². The first-order valence-electron chi connectivity index (χ1n) is 11.9. The molecule has 3 saturated heterocycles. The number of nitrogens with zero attached hydrogens (tertiary/aromatic N) is 1. The third-order valence-corrected chi connectivity index (χ3v) is 9.17. The number of urea groups is 1.